The van der Waals surface area contributed by atoms with Gasteiger partial charge in [-0.1, -0.05) is 24.3 Å². The molecule has 0 aliphatic heterocycles. The second kappa shape index (κ2) is 5.50. The number of hydrogen-bond acceptors (Lipinski definition) is 2. The molecule has 21 heavy (non-hydrogen) atoms. The summed E-state index contributed by atoms with van der Waals surface area (Å²) in [6.07, 6.45) is 1.63. The number of rotatable bonds is 2. The van der Waals surface area contributed by atoms with Crippen LogP contribution in [0.2, 0.25) is 0 Å². The van der Waals surface area contributed by atoms with Crippen LogP contribution in [-0.4, -0.2) is 10.1 Å². The zero-order chi connectivity index (χ0) is 15.0. The molecule has 3 aromatic rings. The lowest BCUT2D eigenvalue weighted by molar-refractivity contribution is 0.210. The Balaban J connectivity index is 2.22. The van der Waals surface area contributed by atoms with E-state index in [2.05, 4.69) is 20.9 Å². The van der Waals surface area contributed by atoms with E-state index >= 15 is 0 Å². The van der Waals surface area contributed by atoms with E-state index in [1.807, 2.05) is 12.1 Å². The Morgan fingerprint density at radius 2 is 1.81 bits per heavy atom. The lowest BCUT2D eigenvalue weighted by Crippen LogP contribution is -2.07. The Labute approximate surface area is 128 Å². The average molecular weight is 350 g/mol. The fourth-order valence-corrected chi connectivity index (χ4v) is 2.65. The predicted molar refractivity (Wildman–Crippen MR) is 79.9 cm³/mol. The van der Waals surface area contributed by atoms with Crippen molar-refractivity contribution in [3.8, 4) is 0 Å². The summed E-state index contributed by atoms with van der Waals surface area (Å²) < 4.78 is 28.2. The number of aromatic nitrogens is 1. The lowest BCUT2D eigenvalue weighted by Gasteiger charge is -2.15. The molecule has 1 N–H and O–H groups in total. The summed E-state index contributed by atoms with van der Waals surface area (Å²) >= 11 is 3.00. The van der Waals surface area contributed by atoms with Gasteiger partial charge in [0.05, 0.1) is 10.0 Å². The number of halogens is 3. The Bertz CT molecular complexity index is 817. The van der Waals surface area contributed by atoms with Gasteiger partial charge in [0.2, 0.25) is 0 Å². The quantitative estimate of drug-likeness (QED) is 0.697. The van der Waals surface area contributed by atoms with Crippen molar-refractivity contribution in [1.82, 2.24) is 4.98 Å². The van der Waals surface area contributed by atoms with Crippen LogP contribution in [0, 0.1) is 11.6 Å². The van der Waals surface area contributed by atoms with Crippen molar-refractivity contribution >= 4 is 26.7 Å². The first-order valence-corrected chi connectivity index (χ1v) is 7.03. The van der Waals surface area contributed by atoms with Crippen molar-refractivity contribution in [2.75, 3.05) is 0 Å². The molecular formula is C16H10BrF2NO. The fourth-order valence-electron chi connectivity index (χ4n) is 2.31. The lowest BCUT2D eigenvalue weighted by atomic mass is 9.97. The molecule has 0 fully saturated rings. The van der Waals surface area contributed by atoms with Crippen LogP contribution >= 0.6 is 15.9 Å². The fraction of sp³-hybridized carbons (Fsp3) is 0.0625. The van der Waals surface area contributed by atoms with Gasteiger partial charge in [0, 0.05) is 23.3 Å². The summed E-state index contributed by atoms with van der Waals surface area (Å²) in [6.45, 7) is 0. The molecule has 0 spiro atoms. The van der Waals surface area contributed by atoms with Crippen LogP contribution in [0.1, 0.15) is 17.2 Å². The SMILES string of the molecule is OC(c1c(F)ccc(Br)c1F)c1cncc2ccccc12. The largest absolute Gasteiger partial charge is 0.383 e. The Kier molecular flexibility index (Phi) is 3.69. The second-order valence-electron chi connectivity index (χ2n) is 4.61. The van der Waals surface area contributed by atoms with Crippen LogP contribution in [0.4, 0.5) is 8.78 Å². The summed E-state index contributed by atoms with van der Waals surface area (Å²) in [4.78, 5) is 4.02. The van der Waals surface area contributed by atoms with Crippen molar-refractivity contribution in [3.63, 3.8) is 0 Å². The first-order valence-electron chi connectivity index (χ1n) is 6.23. The van der Waals surface area contributed by atoms with Crippen molar-refractivity contribution in [1.29, 1.82) is 0 Å². The molecule has 0 radical (unpaired) electrons. The van der Waals surface area contributed by atoms with Gasteiger partial charge >= 0.3 is 0 Å². The van der Waals surface area contributed by atoms with Gasteiger partial charge in [0.15, 0.2) is 0 Å². The number of aliphatic hydroxyl groups is 1. The first-order chi connectivity index (χ1) is 10.1. The van der Waals surface area contributed by atoms with Crippen LogP contribution in [0.25, 0.3) is 10.8 Å². The van der Waals surface area contributed by atoms with Gasteiger partial charge in [-0.3, -0.25) is 4.98 Å². The second-order valence-corrected chi connectivity index (χ2v) is 5.46. The molecule has 0 aliphatic rings. The molecular weight excluding hydrogens is 340 g/mol. The minimum Gasteiger partial charge on any atom is -0.383 e. The minimum atomic E-state index is -1.43. The molecule has 2 aromatic carbocycles. The molecule has 1 heterocycles. The van der Waals surface area contributed by atoms with Crippen molar-refractivity contribution in [2.24, 2.45) is 0 Å². The highest BCUT2D eigenvalue weighted by Crippen LogP contribution is 2.33. The van der Waals surface area contributed by atoms with E-state index in [1.165, 1.54) is 12.3 Å². The summed E-state index contributed by atoms with van der Waals surface area (Å²) in [5, 5.41) is 11.9. The topological polar surface area (TPSA) is 33.1 Å². The standard InChI is InChI=1S/C16H10BrF2NO/c17-12-5-6-13(18)14(15(12)19)16(21)11-8-20-7-9-3-1-2-4-10(9)11/h1-8,16,21H. The Morgan fingerprint density at radius 1 is 1.05 bits per heavy atom. The monoisotopic (exact) mass is 349 g/mol. The van der Waals surface area contributed by atoms with Gasteiger partial charge < -0.3 is 5.11 Å². The van der Waals surface area contributed by atoms with E-state index in [0.29, 0.717) is 10.9 Å². The molecule has 0 saturated heterocycles. The molecule has 1 atom stereocenters. The van der Waals surface area contributed by atoms with Gasteiger partial charge in [0.25, 0.3) is 0 Å². The van der Waals surface area contributed by atoms with Gasteiger partial charge in [0.1, 0.15) is 17.7 Å². The van der Waals surface area contributed by atoms with E-state index in [4.69, 9.17) is 0 Å². The van der Waals surface area contributed by atoms with Crippen LogP contribution in [-0.2, 0) is 0 Å². The highest BCUT2D eigenvalue weighted by Gasteiger charge is 2.23. The summed E-state index contributed by atoms with van der Waals surface area (Å²) in [5.41, 5.74) is -0.0217. The zero-order valence-corrected chi connectivity index (χ0v) is 12.3. The normalized spacial score (nSPS) is 12.6. The van der Waals surface area contributed by atoms with Crippen LogP contribution < -0.4 is 0 Å². The number of pyridine rings is 1. The highest BCUT2D eigenvalue weighted by molar-refractivity contribution is 9.10. The average Bonchev–Trinajstić information content (AvgIpc) is 2.50. The maximum atomic E-state index is 14.1. The molecule has 0 amide bonds. The zero-order valence-electron chi connectivity index (χ0n) is 10.7. The van der Waals surface area contributed by atoms with E-state index in [0.717, 1.165) is 11.5 Å². The van der Waals surface area contributed by atoms with Crippen LogP contribution in [0.5, 0.6) is 0 Å². The van der Waals surface area contributed by atoms with Crippen molar-refractivity contribution in [3.05, 3.63) is 76.0 Å². The summed E-state index contributed by atoms with van der Waals surface area (Å²) in [6, 6.07) is 9.62. The number of hydrogen-bond donors (Lipinski definition) is 1. The Morgan fingerprint density at radius 3 is 2.62 bits per heavy atom. The third-order valence-electron chi connectivity index (χ3n) is 3.35. The van der Waals surface area contributed by atoms with Crippen molar-refractivity contribution < 1.29 is 13.9 Å². The summed E-state index contributed by atoms with van der Waals surface area (Å²) in [5.74, 6) is -1.61. The Hall–Kier alpha value is -1.85. The molecule has 0 saturated carbocycles. The molecule has 5 heteroatoms. The molecule has 0 aliphatic carbocycles. The van der Waals surface area contributed by atoms with Gasteiger partial charge in [-0.25, -0.2) is 8.78 Å². The van der Waals surface area contributed by atoms with Gasteiger partial charge in [-0.2, -0.15) is 0 Å². The van der Waals surface area contributed by atoms with Crippen LogP contribution in [0.15, 0.2) is 53.3 Å². The maximum Gasteiger partial charge on any atom is 0.146 e. The van der Waals surface area contributed by atoms with E-state index in [-0.39, 0.29) is 10.0 Å². The number of benzene rings is 2. The molecule has 2 nitrogen and oxygen atoms in total. The van der Waals surface area contributed by atoms with Crippen LogP contribution in [0.3, 0.4) is 0 Å². The number of nitrogens with zero attached hydrogens (tertiary/aromatic N) is 1. The van der Waals surface area contributed by atoms with E-state index in [1.54, 1.807) is 18.3 Å². The smallest absolute Gasteiger partial charge is 0.146 e. The predicted octanol–water partition coefficient (Wildman–Crippen LogP) is 4.36. The highest BCUT2D eigenvalue weighted by atomic mass is 79.9. The molecule has 1 unspecified atom stereocenters. The number of fused-ring (bicyclic) bond motifs is 1. The number of aliphatic hydroxyl groups excluding tert-OH is 1. The minimum absolute atomic E-state index is 0.103. The molecule has 106 valence electrons. The first kappa shape index (κ1) is 14.1. The molecule has 3 rings (SSSR count). The summed E-state index contributed by atoms with van der Waals surface area (Å²) in [7, 11) is 0. The van der Waals surface area contributed by atoms with Crippen molar-refractivity contribution in [2.45, 2.75) is 6.10 Å². The van der Waals surface area contributed by atoms with E-state index < -0.39 is 17.7 Å². The van der Waals surface area contributed by atoms with E-state index in [9.17, 15) is 13.9 Å². The van der Waals surface area contributed by atoms with Gasteiger partial charge in [-0.15, -0.1) is 0 Å². The third-order valence-corrected chi connectivity index (χ3v) is 3.96. The van der Waals surface area contributed by atoms with Gasteiger partial charge in [-0.05, 0) is 33.4 Å². The molecule has 1 aromatic heterocycles. The molecule has 0 bridgehead atoms. The maximum absolute atomic E-state index is 14.1. The third kappa shape index (κ3) is 2.43.